The molecule has 1 amide bonds. The van der Waals surface area contributed by atoms with E-state index in [2.05, 4.69) is 21.2 Å². The Hall–Kier alpha value is -0.390. The lowest BCUT2D eigenvalue weighted by atomic mass is 10.3. The van der Waals surface area contributed by atoms with Gasteiger partial charge in [0.2, 0.25) is 0 Å². The molecule has 0 aliphatic rings. The van der Waals surface area contributed by atoms with E-state index in [9.17, 15) is 4.79 Å². The van der Waals surface area contributed by atoms with Crippen molar-refractivity contribution in [2.45, 2.75) is 19.9 Å². The van der Waals surface area contributed by atoms with Crippen LogP contribution in [-0.2, 0) is 0 Å². The van der Waals surface area contributed by atoms with E-state index >= 15 is 0 Å². The van der Waals surface area contributed by atoms with E-state index in [1.165, 1.54) is 11.3 Å². The normalized spacial score (nSPS) is 12.6. The van der Waals surface area contributed by atoms with E-state index in [0.29, 0.717) is 6.54 Å². The Morgan fingerprint density at radius 1 is 1.79 bits per heavy atom. The Morgan fingerprint density at radius 3 is 2.86 bits per heavy atom. The number of nitrogens with one attached hydrogen (secondary N) is 1. The van der Waals surface area contributed by atoms with E-state index in [1.54, 1.807) is 0 Å². The molecule has 14 heavy (non-hydrogen) atoms. The predicted octanol–water partition coefficient (Wildman–Crippen LogP) is 1.90. The molecule has 0 radical (unpaired) electrons. The number of carbonyl (C=O) groups is 1. The summed E-state index contributed by atoms with van der Waals surface area (Å²) in [5.74, 6) is -0.0539. The monoisotopic (exact) mass is 276 g/mol. The first kappa shape index (κ1) is 11.7. The van der Waals surface area contributed by atoms with E-state index < -0.39 is 0 Å². The molecule has 0 spiro atoms. The molecule has 5 heteroatoms. The number of rotatable bonds is 3. The third-order valence-electron chi connectivity index (χ3n) is 1.81. The van der Waals surface area contributed by atoms with Crippen molar-refractivity contribution < 1.29 is 4.79 Å². The van der Waals surface area contributed by atoms with Gasteiger partial charge in [-0.1, -0.05) is 0 Å². The van der Waals surface area contributed by atoms with E-state index in [0.717, 1.165) is 14.2 Å². The van der Waals surface area contributed by atoms with Crippen molar-refractivity contribution in [1.82, 2.24) is 5.32 Å². The topological polar surface area (TPSA) is 55.1 Å². The van der Waals surface area contributed by atoms with Crippen LogP contribution in [0.1, 0.15) is 22.2 Å². The molecule has 0 fully saturated rings. The van der Waals surface area contributed by atoms with Gasteiger partial charge in [-0.15, -0.1) is 11.3 Å². The van der Waals surface area contributed by atoms with Crippen LogP contribution in [0.25, 0.3) is 0 Å². The van der Waals surface area contributed by atoms with Gasteiger partial charge >= 0.3 is 0 Å². The Morgan fingerprint density at radius 2 is 2.43 bits per heavy atom. The van der Waals surface area contributed by atoms with Gasteiger partial charge in [0.15, 0.2) is 0 Å². The molecule has 0 aliphatic carbocycles. The highest BCUT2D eigenvalue weighted by atomic mass is 79.9. The maximum Gasteiger partial charge on any atom is 0.261 e. The Bertz CT molecular complexity index is 318. The second-order valence-corrected chi connectivity index (χ2v) is 5.55. The summed E-state index contributed by atoms with van der Waals surface area (Å²) in [4.78, 5) is 12.3. The minimum atomic E-state index is -0.0539. The zero-order chi connectivity index (χ0) is 10.7. The minimum absolute atomic E-state index is 0.0173. The molecule has 1 atom stereocenters. The van der Waals surface area contributed by atoms with E-state index in [-0.39, 0.29) is 11.9 Å². The summed E-state index contributed by atoms with van der Waals surface area (Å²) >= 11 is 4.82. The van der Waals surface area contributed by atoms with Gasteiger partial charge in [-0.25, -0.2) is 0 Å². The molecule has 0 saturated heterocycles. The zero-order valence-electron chi connectivity index (χ0n) is 8.13. The summed E-state index contributed by atoms with van der Waals surface area (Å²) in [6, 6.07) is 1.89. The van der Waals surface area contributed by atoms with Crippen molar-refractivity contribution in [2.75, 3.05) is 6.54 Å². The highest BCUT2D eigenvalue weighted by molar-refractivity contribution is 9.11. The number of amides is 1. The van der Waals surface area contributed by atoms with Crippen LogP contribution < -0.4 is 11.1 Å². The van der Waals surface area contributed by atoms with Gasteiger partial charge in [0.25, 0.3) is 5.91 Å². The van der Waals surface area contributed by atoms with Crippen LogP contribution in [0.5, 0.6) is 0 Å². The number of hydrogen-bond donors (Lipinski definition) is 2. The van der Waals surface area contributed by atoms with Gasteiger partial charge in [0.05, 0.1) is 8.66 Å². The first-order chi connectivity index (χ1) is 6.54. The van der Waals surface area contributed by atoms with Crippen LogP contribution in [0, 0.1) is 6.92 Å². The third kappa shape index (κ3) is 2.80. The van der Waals surface area contributed by atoms with Crippen molar-refractivity contribution >= 4 is 33.2 Å². The molecule has 0 saturated carbocycles. The van der Waals surface area contributed by atoms with Crippen molar-refractivity contribution in [3.05, 3.63) is 20.3 Å². The highest BCUT2D eigenvalue weighted by Crippen LogP contribution is 2.27. The average molecular weight is 277 g/mol. The molecule has 0 bridgehead atoms. The molecular weight excluding hydrogens is 264 g/mol. The van der Waals surface area contributed by atoms with E-state index in [4.69, 9.17) is 5.73 Å². The van der Waals surface area contributed by atoms with Gasteiger partial charge < -0.3 is 11.1 Å². The molecule has 1 rings (SSSR count). The van der Waals surface area contributed by atoms with Crippen LogP contribution in [0.3, 0.4) is 0 Å². The molecule has 3 nitrogen and oxygen atoms in total. The Balaban J connectivity index is 2.70. The second kappa shape index (κ2) is 4.91. The van der Waals surface area contributed by atoms with Crippen LogP contribution >= 0.6 is 27.3 Å². The van der Waals surface area contributed by atoms with Gasteiger partial charge in [0, 0.05) is 12.6 Å². The molecule has 1 heterocycles. The summed E-state index contributed by atoms with van der Waals surface area (Å²) < 4.78 is 1.00. The maximum absolute atomic E-state index is 11.6. The van der Waals surface area contributed by atoms with Crippen molar-refractivity contribution in [3.63, 3.8) is 0 Å². The smallest absolute Gasteiger partial charge is 0.261 e. The maximum atomic E-state index is 11.6. The van der Waals surface area contributed by atoms with Crippen molar-refractivity contribution in [1.29, 1.82) is 0 Å². The van der Waals surface area contributed by atoms with Crippen LogP contribution in [-0.4, -0.2) is 18.5 Å². The first-order valence-corrected chi connectivity index (χ1v) is 5.92. The quantitative estimate of drug-likeness (QED) is 0.886. The molecule has 1 aromatic rings. The SMILES string of the molecule is Cc1cc(C(=O)NC(C)CN)sc1Br. The summed E-state index contributed by atoms with van der Waals surface area (Å²) in [6.07, 6.45) is 0. The molecular formula is C9H13BrN2OS. The standard InChI is InChI=1S/C9H13BrN2OS/c1-5-3-7(14-8(5)10)9(13)12-6(2)4-11/h3,6H,4,11H2,1-2H3,(H,12,13). The van der Waals surface area contributed by atoms with Gasteiger partial charge in [-0.3, -0.25) is 4.79 Å². The minimum Gasteiger partial charge on any atom is -0.348 e. The second-order valence-electron chi connectivity index (χ2n) is 3.18. The third-order valence-corrected chi connectivity index (χ3v) is 3.95. The Labute approximate surface area is 95.8 Å². The fraction of sp³-hybridized carbons (Fsp3) is 0.444. The highest BCUT2D eigenvalue weighted by Gasteiger charge is 2.12. The summed E-state index contributed by atoms with van der Waals surface area (Å²) in [7, 11) is 0. The van der Waals surface area contributed by atoms with Crippen molar-refractivity contribution in [3.8, 4) is 0 Å². The summed E-state index contributed by atoms with van der Waals surface area (Å²) in [5, 5.41) is 2.81. The fourth-order valence-corrected chi connectivity index (χ4v) is 2.36. The van der Waals surface area contributed by atoms with Gasteiger partial charge in [-0.2, -0.15) is 0 Å². The molecule has 1 aromatic heterocycles. The van der Waals surface area contributed by atoms with E-state index in [1.807, 2.05) is 19.9 Å². The Kier molecular flexibility index (Phi) is 4.10. The molecule has 3 N–H and O–H groups in total. The van der Waals surface area contributed by atoms with Crippen LogP contribution in [0.15, 0.2) is 9.85 Å². The molecule has 0 aliphatic heterocycles. The largest absolute Gasteiger partial charge is 0.348 e. The number of nitrogens with two attached hydrogens (primary N) is 1. The fourth-order valence-electron chi connectivity index (χ4n) is 0.926. The lowest BCUT2D eigenvalue weighted by molar-refractivity contribution is 0.0945. The van der Waals surface area contributed by atoms with Crippen LogP contribution in [0.4, 0.5) is 0 Å². The van der Waals surface area contributed by atoms with Gasteiger partial charge in [0.1, 0.15) is 0 Å². The lowest BCUT2D eigenvalue weighted by Gasteiger charge is -2.09. The number of halogens is 1. The van der Waals surface area contributed by atoms with Crippen molar-refractivity contribution in [2.24, 2.45) is 5.73 Å². The number of thiophene rings is 1. The predicted molar refractivity (Wildman–Crippen MR) is 62.7 cm³/mol. The summed E-state index contributed by atoms with van der Waals surface area (Å²) in [6.45, 7) is 4.30. The first-order valence-electron chi connectivity index (χ1n) is 4.31. The number of carbonyl (C=O) groups excluding carboxylic acids is 1. The molecule has 0 aromatic carbocycles. The lowest BCUT2D eigenvalue weighted by Crippen LogP contribution is -2.37. The van der Waals surface area contributed by atoms with Crippen LogP contribution in [0.2, 0.25) is 0 Å². The number of hydrogen-bond acceptors (Lipinski definition) is 3. The van der Waals surface area contributed by atoms with Gasteiger partial charge in [-0.05, 0) is 41.4 Å². The average Bonchev–Trinajstić information content (AvgIpc) is 2.47. The zero-order valence-corrected chi connectivity index (χ0v) is 10.5. The molecule has 78 valence electrons. The number of aryl methyl sites for hydroxylation is 1. The summed E-state index contributed by atoms with van der Waals surface area (Å²) in [5.41, 5.74) is 6.50. The molecule has 1 unspecified atom stereocenters.